The minimum atomic E-state index is -0.282. The smallest absolute Gasteiger partial charge is 0.248 e. The maximum atomic E-state index is 13.6. The third-order valence-corrected chi connectivity index (χ3v) is 14.7. The van der Waals surface area contributed by atoms with Crippen LogP contribution < -0.4 is 16.0 Å². The molecule has 9 rings (SSSR count). The van der Waals surface area contributed by atoms with Crippen molar-refractivity contribution < 1.29 is 28.6 Å². The lowest BCUT2D eigenvalue weighted by atomic mass is 10.0. The zero-order chi connectivity index (χ0) is 53.2. The van der Waals surface area contributed by atoms with E-state index in [-0.39, 0.29) is 36.3 Å². The van der Waals surface area contributed by atoms with E-state index < -0.39 is 0 Å². The van der Waals surface area contributed by atoms with Crippen molar-refractivity contribution >= 4 is 72.2 Å². The molecule has 4 N–H and O–H groups in total. The molecule has 0 spiro atoms. The molecule has 1 aliphatic heterocycles. The van der Waals surface area contributed by atoms with E-state index >= 15 is 0 Å². The van der Waals surface area contributed by atoms with E-state index in [1.165, 1.54) is 17.7 Å². The average Bonchev–Trinajstić information content (AvgIpc) is 4.09. The van der Waals surface area contributed by atoms with Crippen molar-refractivity contribution in [2.45, 2.75) is 31.7 Å². The van der Waals surface area contributed by atoms with Gasteiger partial charge in [0.05, 0.1) is 55.8 Å². The molecule has 0 bridgehead atoms. The van der Waals surface area contributed by atoms with Gasteiger partial charge in [-0.05, 0) is 85.7 Å². The number of amides is 2. The van der Waals surface area contributed by atoms with Crippen molar-refractivity contribution in [3.05, 3.63) is 185 Å². The summed E-state index contributed by atoms with van der Waals surface area (Å²) in [5, 5.41) is 21.8. The number of benzene rings is 4. The number of fused-ring (bicyclic) bond motifs is 4. The van der Waals surface area contributed by atoms with Gasteiger partial charge in [0.15, 0.2) is 0 Å². The van der Waals surface area contributed by atoms with Gasteiger partial charge in [-0.2, -0.15) is 0 Å². The van der Waals surface area contributed by atoms with Crippen LogP contribution in [-0.4, -0.2) is 126 Å². The molecule has 2 amide bonds. The van der Waals surface area contributed by atoms with Gasteiger partial charge in [-0.15, -0.1) is 22.7 Å². The molecule has 4 aromatic heterocycles. The van der Waals surface area contributed by atoms with Gasteiger partial charge in [0.1, 0.15) is 39.8 Å². The van der Waals surface area contributed by atoms with Crippen molar-refractivity contribution in [2.75, 3.05) is 90.2 Å². The maximum absolute atomic E-state index is 13.6. The lowest BCUT2D eigenvalue weighted by Crippen LogP contribution is -2.34. The second-order valence-electron chi connectivity index (χ2n) is 18.4. The normalized spacial score (nSPS) is 13.3. The molecular weight excluding hydrogens is 1000 g/mol. The van der Waals surface area contributed by atoms with Crippen molar-refractivity contribution in [1.82, 2.24) is 34.6 Å². The molecule has 0 saturated carbocycles. The second-order valence-corrected chi connectivity index (χ2v) is 20.5. The molecule has 0 saturated heterocycles. The van der Waals surface area contributed by atoms with Gasteiger partial charge in [0.2, 0.25) is 11.8 Å². The number of aliphatic hydroxyl groups excluding tert-OH is 1. The number of anilines is 3. The first-order valence-electron chi connectivity index (χ1n) is 25.0. The number of hydrogen-bond donors (Lipinski definition) is 4. The quantitative estimate of drug-likeness (QED) is 0.0474. The van der Waals surface area contributed by atoms with Gasteiger partial charge >= 0.3 is 0 Å². The van der Waals surface area contributed by atoms with Crippen molar-refractivity contribution in [2.24, 2.45) is 0 Å². The number of methoxy groups -OCH3 is 1. The van der Waals surface area contributed by atoms with Crippen LogP contribution >= 0.6 is 22.7 Å². The zero-order valence-corrected chi connectivity index (χ0v) is 44.7. The third-order valence-electron chi connectivity index (χ3n) is 12.4. The van der Waals surface area contributed by atoms with Crippen LogP contribution in [0.4, 0.5) is 21.7 Å². The number of carbonyl (C=O) groups is 2. The van der Waals surface area contributed by atoms with E-state index in [4.69, 9.17) is 9.47 Å². The van der Waals surface area contributed by atoms with Crippen LogP contribution in [0, 0.1) is 5.82 Å². The average molecular weight is 1060 g/mol. The van der Waals surface area contributed by atoms with Crippen LogP contribution in [0.25, 0.3) is 30.9 Å². The van der Waals surface area contributed by atoms with E-state index in [2.05, 4.69) is 46.9 Å². The number of nitrogens with zero attached hydrogens (tertiary/aromatic N) is 7. The first kappa shape index (κ1) is 55.0. The van der Waals surface area contributed by atoms with Gasteiger partial charge in [0.25, 0.3) is 0 Å². The SMILES string of the molecule is CN(C)C/C=C/C(=O)Nc1cccc(-c2cc3c(N[C@H](COCc4cccc(F)c4)c4ccccc4)ncnc3s2)c1.COCCN(C)C/C=C/C(=O)N1CCc2c(sc3ncnc(N[C@H](CO)c4ccccc4)c23)C1. The Hall–Kier alpha value is -7.29. The molecule has 0 aliphatic carbocycles. The molecule has 18 heteroatoms. The number of nitrogens with one attached hydrogen (secondary N) is 3. The lowest BCUT2D eigenvalue weighted by molar-refractivity contribution is -0.126. The monoisotopic (exact) mass is 1060 g/mol. The fraction of sp³-hybridized carbons (Fsp3) is 0.276. The lowest BCUT2D eigenvalue weighted by Gasteiger charge is -2.26. The second kappa shape index (κ2) is 27.5. The van der Waals surface area contributed by atoms with Crippen LogP contribution in [0.3, 0.4) is 0 Å². The highest BCUT2D eigenvalue weighted by molar-refractivity contribution is 7.22. The Balaban J connectivity index is 0.000000206. The number of hydrogen-bond acceptors (Lipinski definition) is 15. The Labute approximate surface area is 450 Å². The van der Waals surface area contributed by atoms with E-state index in [1.807, 2.05) is 134 Å². The molecule has 5 heterocycles. The third kappa shape index (κ3) is 15.2. The number of aromatic nitrogens is 4. The molecule has 15 nitrogen and oxygen atoms in total. The van der Waals surface area contributed by atoms with Crippen molar-refractivity contribution in [3.8, 4) is 10.4 Å². The molecule has 8 aromatic rings. The summed E-state index contributed by atoms with van der Waals surface area (Å²) < 4.78 is 24.7. The van der Waals surface area contributed by atoms with Gasteiger partial charge in [-0.1, -0.05) is 97.1 Å². The standard InChI is InChI=1S/C33H32FN5O2S.C25H31N5O3S/c1-39(2)16-8-15-31(40)37-27-14-7-12-25(18-27)30-19-28-32(35-22-36-33(28)42-30)38-29(24-10-4-3-5-11-24)21-41-20-23-9-6-13-26(34)17-23;1-29(13-14-33-2)11-6-9-22(32)30-12-10-19-21(15-30)34-25-23(19)24(26-17-27-25)28-20(16-31)18-7-4-3-5-8-18/h3-15,17-19,22,29H,16,20-21H2,1-2H3,(H,37,40)(H,35,36,38);3-9,17,20,31H,10-16H2,1-2H3,(H,26,27,28)/b15-8+;9-6+/t29-;20-/m11/s1. The summed E-state index contributed by atoms with van der Waals surface area (Å²) in [5.74, 6) is 0.993. The highest BCUT2D eigenvalue weighted by atomic mass is 32.1. The Morgan fingerprint density at radius 1 is 0.803 bits per heavy atom. The largest absolute Gasteiger partial charge is 0.394 e. The van der Waals surface area contributed by atoms with E-state index in [1.54, 1.807) is 60.7 Å². The van der Waals surface area contributed by atoms with Gasteiger partial charge < -0.3 is 45.2 Å². The molecule has 1 aliphatic rings. The van der Waals surface area contributed by atoms with Crippen LogP contribution in [-0.2, 0) is 38.6 Å². The van der Waals surface area contributed by atoms with Crippen LogP contribution in [0.5, 0.6) is 0 Å². The predicted molar refractivity (Wildman–Crippen MR) is 303 cm³/mol. The molecular formula is C58H63FN10O5S2. The topological polar surface area (TPSA) is 170 Å². The number of halogens is 1. The summed E-state index contributed by atoms with van der Waals surface area (Å²) in [6, 6.07) is 35.7. The first-order valence-corrected chi connectivity index (χ1v) is 26.6. The Morgan fingerprint density at radius 3 is 2.25 bits per heavy atom. The van der Waals surface area contributed by atoms with Gasteiger partial charge in [-0.3, -0.25) is 9.59 Å². The zero-order valence-electron chi connectivity index (χ0n) is 43.1. The molecule has 4 aromatic carbocycles. The maximum Gasteiger partial charge on any atom is 0.248 e. The van der Waals surface area contributed by atoms with Crippen LogP contribution in [0.15, 0.2) is 152 Å². The van der Waals surface area contributed by atoms with Crippen molar-refractivity contribution in [1.29, 1.82) is 0 Å². The number of ether oxygens (including phenoxy) is 2. The molecule has 0 radical (unpaired) electrons. The van der Waals surface area contributed by atoms with Crippen LogP contribution in [0.1, 0.15) is 39.2 Å². The Kier molecular flexibility index (Phi) is 19.9. The number of aliphatic hydroxyl groups is 1. The highest BCUT2D eigenvalue weighted by Crippen LogP contribution is 2.39. The molecule has 0 unspecified atom stereocenters. The summed E-state index contributed by atoms with van der Waals surface area (Å²) in [6.45, 7) is 4.71. The minimum absolute atomic E-state index is 0.0251. The summed E-state index contributed by atoms with van der Waals surface area (Å²) >= 11 is 3.17. The van der Waals surface area contributed by atoms with Gasteiger partial charge in [-0.25, -0.2) is 24.3 Å². The van der Waals surface area contributed by atoms with E-state index in [0.717, 1.165) is 71.2 Å². The van der Waals surface area contributed by atoms with Crippen molar-refractivity contribution in [3.63, 3.8) is 0 Å². The summed E-state index contributed by atoms with van der Waals surface area (Å²) in [5.41, 5.74) is 5.70. The number of carbonyl (C=O) groups excluding carboxylic acids is 2. The molecule has 394 valence electrons. The number of thiophene rings is 2. The highest BCUT2D eigenvalue weighted by Gasteiger charge is 2.26. The van der Waals surface area contributed by atoms with E-state index in [9.17, 15) is 19.1 Å². The minimum Gasteiger partial charge on any atom is -0.394 e. The fourth-order valence-corrected chi connectivity index (χ4v) is 10.7. The number of rotatable bonds is 22. The Bertz CT molecular complexity index is 3230. The first-order chi connectivity index (χ1) is 37.0. The number of likely N-dealkylation sites (N-methyl/N-ethyl adjacent to an activating group) is 2. The fourth-order valence-electron chi connectivity index (χ4n) is 8.50. The van der Waals surface area contributed by atoms with Crippen LogP contribution in [0.2, 0.25) is 0 Å². The van der Waals surface area contributed by atoms with E-state index in [0.29, 0.717) is 57.5 Å². The molecule has 76 heavy (non-hydrogen) atoms. The predicted octanol–water partition coefficient (Wildman–Crippen LogP) is 9.78. The summed E-state index contributed by atoms with van der Waals surface area (Å²) in [6.07, 6.45) is 10.8. The molecule has 2 atom stereocenters. The summed E-state index contributed by atoms with van der Waals surface area (Å²) in [7, 11) is 7.59. The summed E-state index contributed by atoms with van der Waals surface area (Å²) in [4.78, 5) is 53.0. The Morgan fingerprint density at radius 2 is 1.51 bits per heavy atom. The van der Waals surface area contributed by atoms with Gasteiger partial charge in [0, 0.05) is 60.9 Å². The molecule has 0 fully saturated rings.